The van der Waals surface area contributed by atoms with Gasteiger partial charge in [0.1, 0.15) is 11.5 Å². The molecule has 0 aliphatic carbocycles. The standard InChI is InChI=1S/C15H22N4O2/c1-10-6-14(19-21-10)11(2)16-7-12-4-3-5-20-15(12)13-8-17-18-9-13/h6,8-9,11-12,15-16H,3-5,7H2,1-2H3,(H,17,18)/t11?,12-,15+/m0/s1. The molecule has 0 spiro atoms. The third kappa shape index (κ3) is 3.33. The molecule has 3 atom stereocenters. The van der Waals surface area contributed by atoms with Crippen LogP contribution in [0.3, 0.4) is 0 Å². The summed E-state index contributed by atoms with van der Waals surface area (Å²) in [4.78, 5) is 0. The van der Waals surface area contributed by atoms with Gasteiger partial charge in [-0.3, -0.25) is 5.10 Å². The third-order valence-corrected chi connectivity index (χ3v) is 4.07. The summed E-state index contributed by atoms with van der Waals surface area (Å²) in [6.45, 7) is 5.73. The minimum atomic E-state index is 0.122. The summed E-state index contributed by atoms with van der Waals surface area (Å²) in [6.07, 6.45) is 6.17. The van der Waals surface area contributed by atoms with Crippen LogP contribution in [0.2, 0.25) is 0 Å². The number of rotatable bonds is 5. The van der Waals surface area contributed by atoms with Crippen molar-refractivity contribution in [3.8, 4) is 0 Å². The second kappa shape index (κ2) is 6.41. The van der Waals surface area contributed by atoms with E-state index in [1.165, 1.54) is 0 Å². The van der Waals surface area contributed by atoms with E-state index in [0.717, 1.165) is 43.0 Å². The van der Waals surface area contributed by atoms with Crippen molar-refractivity contribution in [2.45, 2.75) is 38.8 Å². The first kappa shape index (κ1) is 14.3. The summed E-state index contributed by atoms with van der Waals surface area (Å²) in [7, 11) is 0. The number of hydrogen-bond donors (Lipinski definition) is 2. The Kier molecular flexibility index (Phi) is 4.36. The number of nitrogens with zero attached hydrogens (tertiary/aromatic N) is 2. The smallest absolute Gasteiger partial charge is 0.133 e. The number of hydrogen-bond acceptors (Lipinski definition) is 5. The van der Waals surface area contributed by atoms with Gasteiger partial charge in [0.05, 0.1) is 18.3 Å². The van der Waals surface area contributed by atoms with E-state index in [2.05, 4.69) is 27.6 Å². The molecule has 6 heteroatoms. The first-order valence-corrected chi connectivity index (χ1v) is 7.51. The van der Waals surface area contributed by atoms with Gasteiger partial charge in [-0.2, -0.15) is 5.10 Å². The maximum absolute atomic E-state index is 5.94. The van der Waals surface area contributed by atoms with Crippen molar-refractivity contribution in [1.29, 1.82) is 0 Å². The van der Waals surface area contributed by atoms with Crippen LogP contribution in [0.5, 0.6) is 0 Å². The molecule has 1 unspecified atom stereocenters. The van der Waals surface area contributed by atoms with Crippen molar-refractivity contribution in [3.63, 3.8) is 0 Å². The zero-order valence-electron chi connectivity index (χ0n) is 12.5. The van der Waals surface area contributed by atoms with Crippen molar-refractivity contribution in [3.05, 3.63) is 35.5 Å². The van der Waals surface area contributed by atoms with E-state index in [1.807, 2.05) is 25.4 Å². The molecular formula is C15H22N4O2. The summed E-state index contributed by atoms with van der Waals surface area (Å²) in [5.74, 6) is 1.29. The zero-order valence-corrected chi connectivity index (χ0v) is 12.5. The molecular weight excluding hydrogens is 268 g/mol. The molecule has 2 N–H and O–H groups in total. The molecule has 3 rings (SSSR count). The van der Waals surface area contributed by atoms with Crippen LogP contribution >= 0.6 is 0 Å². The summed E-state index contributed by atoms with van der Waals surface area (Å²) in [5.41, 5.74) is 2.08. The van der Waals surface area contributed by atoms with Crippen LogP contribution in [0.4, 0.5) is 0 Å². The Morgan fingerprint density at radius 1 is 1.52 bits per heavy atom. The van der Waals surface area contributed by atoms with Gasteiger partial charge >= 0.3 is 0 Å². The molecule has 2 aromatic rings. The Morgan fingerprint density at radius 3 is 3.14 bits per heavy atom. The second-order valence-corrected chi connectivity index (χ2v) is 5.72. The van der Waals surface area contributed by atoms with Gasteiger partial charge in [-0.15, -0.1) is 0 Å². The van der Waals surface area contributed by atoms with Gasteiger partial charge in [-0.05, 0) is 26.7 Å². The normalized spacial score (nSPS) is 24.1. The van der Waals surface area contributed by atoms with Gasteiger partial charge in [0.15, 0.2) is 0 Å². The topological polar surface area (TPSA) is 76.0 Å². The minimum Gasteiger partial charge on any atom is -0.373 e. The van der Waals surface area contributed by atoms with Crippen molar-refractivity contribution < 1.29 is 9.26 Å². The summed E-state index contributed by atoms with van der Waals surface area (Å²) in [5, 5.41) is 14.5. The van der Waals surface area contributed by atoms with E-state index < -0.39 is 0 Å². The fourth-order valence-corrected chi connectivity index (χ4v) is 2.86. The minimum absolute atomic E-state index is 0.122. The van der Waals surface area contributed by atoms with Crippen molar-refractivity contribution in [1.82, 2.24) is 20.7 Å². The van der Waals surface area contributed by atoms with Crippen LogP contribution in [0, 0.1) is 12.8 Å². The van der Waals surface area contributed by atoms with Crippen LogP contribution in [-0.2, 0) is 4.74 Å². The molecule has 3 heterocycles. The number of aryl methyl sites for hydroxylation is 1. The molecule has 0 saturated carbocycles. The second-order valence-electron chi connectivity index (χ2n) is 5.72. The quantitative estimate of drug-likeness (QED) is 0.885. The molecule has 1 aliphatic heterocycles. The van der Waals surface area contributed by atoms with Gasteiger partial charge in [-0.25, -0.2) is 0 Å². The SMILES string of the molecule is Cc1cc(C(C)NC[C@@H]2CCCO[C@H]2c2cn[nH]c2)no1. The van der Waals surface area contributed by atoms with Crippen LogP contribution in [0.1, 0.15) is 48.9 Å². The molecule has 2 aromatic heterocycles. The molecule has 1 saturated heterocycles. The van der Waals surface area contributed by atoms with Crippen molar-refractivity contribution >= 4 is 0 Å². The highest BCUT2D eigenvalue weighted by molar-refractivity contribution is 5.10. The van der Waals surface area contributed by atoms with Gasteiger partial charge in [0, 0.05) is 36.9 Å². The number of aromatic nitrogens is 3. The molecule has 0 radical (unpaired) electrons. The average Bonchev–Trinajstić information content (AvgIpc) is 3.16. The highest BCUT2D eigenvalue weighted by Gasteiger charge is 2.28. The van der Waals surface area contributed by atoms with E-state index >= 15 is 0 Å². The molecule has 114 valence electrons. The maximum atomic E-state index is 5.94. The molecule has 1 fully saturated rings. The molecule has 1 aliphatic rings. The molecule has 21 heavy (non-hydrogen) atoms. The van der Waals surface area contributed by atoms with Gasteiger partial charge in [0.2, 0.25) is 0 Å². The predicted molar refractivity (Wildman–Crippen MR) is 77.7 cm³/mol. The lowest BCUT2D eigenvalue weighted by Crippen LogP contribution is -2.33. The Bertz CT molecular complexity index is 552. The Hall–Kier alpha value is -1.66. The Labute approximate surface area is 124 Å². The lowest BCUT2D eigenvalue weighted by atomic mass is 9.90. The largest absolute Gasteiger partial charge is 0.373 e. The summed E-state index contributed by atoms with van der Waals surface area (Å²) >= 11 is 0. The van der Waals surface area contributed by atoms with Crippen molar-refractivity contribution in [2.24, 2.45) is 5.92 Å². The maximum Gasteiger partial charge on any atom is 0.133 e. The number of nitrogens with one attached hydrogen (secondary N) is 2. The van der Waals surface area contributed by atoms with Crippen LogP contribution in [-0.4, -0.2) is 28.5 Å². The first-order chi connectivity index (χ1) is 10.2. The zero-order chi connectivity index (χ0) is 14.7. The van der Waals surface area contributed by atoms with E-state index in [4.69, 9.17) is 9.26 Å². The molecule has 0 aromatic carbocycles. The lowest BCUT2D eigenvalue weighted by molar-refractivity contribution is -0.0284. The van der Waals surface area contributed by atoms with Crippen LogP contribution in [0.25, 0.3) is 0 Å². The van der Waals surface area contributed by atoms with E-state index in [1.54, 1.807) is 0 Å². The fraction of sp³-hybridized carbons (Fsp3) is 0.600. The lowest BCUT2D eigenvalue weighted by Gasteiger charge is -2.32. The Morgan fingerprint density at radius 2 is 2.43 bits per heavy atom. The van der Waals surface area contributed by atoms with Gasteiger partial charge in [-0.1, -0.05) is 5.16 Å². The summed E-state index contributed by atoms with van der Waals surface area (Å²) in [6, 6.07) is 2.15. The Balaban J connectivity index is 1.60. The number of H-pyrrole nitrogens is 1. The first-order valence-electron chi connectivity index (χ1n) is 7.51. The highest BCUT2D eigenvalue weighted by atomic mass is 16.5. The summed E-state index contributed by atoms with van der Waals surface area (Å²) < 4.78 is 11.1. The predicted octanol–water partition coefficient (Wildman–Crippen LogP) is 2.52. The fourth-order valence-electron chi connectivity index (χ4n) is 2.86. The molecule has 6 nitrogen and oxygen atoms in total. The van der Waals surface area contributed by atoms with E-state index in [9.17, 15) is 0 Å². The van der Waals surface area contributed by atoms with Gasteiger partial charge in [0.25, 0.3) is 0 Å². The third-order valence-electron chi connectivity index (χ3n) is 4.07. The monoisotopic (exact) mass is 290 g/mol. The van der Waals surface area contributed by atoms with Gasteiger partial charge < -0.3 is 14.6 Å². The highest BCUT2D eigenvalue weighted by Crippen LogP contribution is 2.33. The van der Waals surface area contributed by atoms with E-state index in [0.29, 0.717) is 5.92 Å². The van der Waals surface area contributed by atoms with E-state index in [-0.39, 0.29) is 12.1 Å². The molecule has 0 amide bonds. The number of ether oxygens (including phenoxy) is 1. The van der Waals surface area contributed by atoms with Crippen LogP contribution in [0.15, 0.2) is 23.0 Å². The van der Waals surface area contributed by atoms with Crippen molar-refractivity contribution in [2.75, 3.05) is 13.2 Å². The molecule has 0 bridgehead atoms. The number of aromatic amines is 1. The average molecular weight is 290 g/mol. The van der Waals surface area contributed by atoms with Crippen LogP contribution < -0.4 is 5.32 Å².